The highest BCUT2D eigenvalue weighted by Gasteiger charge is 2.19. The van der Waals surface area contributed by atoms with Gasteiger partial charge in [0.05, 0.1) is 31.3 Å². The molecule has 1 heterocycles. The molecule has 1 aromatic heterocycles. The molecule has 0 fully saturated rings. The second kappa shape index (κ2) is 14.0. The van der Waals surface area contributed by atoms with Gasteiger partial charge in [0, 0.05) is 21.3 Å². The number of para-hydroxylation sites is 2. The second-order valence-corrected chi connectivity index (χ2v) is 11.9. The van der Waals surface area contributed by atoms with Gasteiger partial charge in [0.15, 0.2) is 23.9 Å². The molecule has 0 spiro atoms. The standard InChI is InChI=1S/C36H35BrN4O5/c1-21(2)26-17-27(23(4)15-31(26)44-5)35-40-30-14-10-8-12-25(30)36(43)41(35)38-19-24-16-32(45-6)33(18-28(24)37)46-20-34(42)39-29-13-9-7-11-22(29)3/h7-19,21H,20H2,1-6H3,(H,39,42). The zero-order valence-corrected chi connectivity index (χ0v) is 28.1. The number of carbonyl (C=O) groups excluding carboxylic acids is 1. The Morgan fingerprint density at radius 1 is 0.957 bits per heavy atom. The van der Waals surface area contributed by atoms with Crippen molar-refractivity contribution in [2.24, 2.45) is 5.10 Å². The van der Waals surface area contributed by atoms with E-state index in [4.69, 9.17) is 19.2 Å². The third kappa shape index (κ3) is 6.82. The summed E-state index contributed by atoms with van der Waals surface area (Å²) < 4.78 is 19.0. The van der Waals surface area contributed by atoms with Crippen molar-refractivity contribution in [1.29, 1.82) is 0 Å². The fourth-order valence-electron chi connectivity index (χ4n) is 5.06. The van der Waals surface area contributed by atoms with Gasteiger partial charge in [-0.3, -0.25) is 9.59 Å². The molecular weight excluding hydrogens is 648 g/mol. The number of anilines is 1. The lowest BCUT2D eigenvalue weighted by molar-refractivity contribution is -0.118. The maximum Gasteiger partial charge on any atom is 0.282 e. The van der Waals surface area contributed by atoms with E-state index in [0.717, 1.165) is 33.7 Å². The summed E-state index contributed by atoms with van der Waals surface area (Å²) in [5, 5.41) is 7.95. The van der Waals surface area contributed by atoms with E-state index in [2.05, 4.69) is 40.2 Å². The van der Waals surface area contributed by atoms with Crippen molar-refractivity contribution in [3.05, 3.63) is 110 Å². The Morgan fingerprint density at radius 2 is 1.67 bits per heavy atom. The molecule has 0 atom stereocenters. The molecule has 0 bridgehead atoms. The van der Waals surface area contributed by atoms with Gasteiger partial charge in [0.1, 0.15) is 5.75 Å². The largest absolute Gasteiger partial charge is 0.496 e. The summed E-state index contributed by atoms with van der Waals surface area (Å²) >= 11 is 3.58. The molecule has 0 aliphatic rings. The molecule has 0 aliphatic carbocycles. The van der Waals surface area contributed by atoms with Crippen LogP contribution < -0.4 is 25.1 Å². The number of amides is 1. The summed E-state index contributed by atoms with van der Waals surface area (Å²) in [5.74, 6) is 1.82. The van der Waals surface area contributed by atoms with Crippen LogP contribution in [0.1, 0.15) is 42.0 Å². The number of hydrogen-bond donors (Lipinski definition) is 1. The van der Waals surface area contributed by atoms with Crippen LogP contribution in [0.4, 0.5) is 5.69 Å². The van der Waals surface area contributed by atoms with Crippen molar-refractivity contribution < 1.29 is 19.0 Å². The van der Waals surface area contributed by atoms with Crippen molar-refractivity contribution in [1.82, 2.24) is 9.66 Å². The number of nitrogens with one attached hydrogen (secondary N) is 1. The zero-order chi connectivity index (χ0) is 33.0. The predicted molar refractivity (Wildman–Crippen MR) is 186 cm³/mol. The van der Waals surface area contributed by atoms with E-state index >= 15 is 0 Å². The normalized spacial score (nSPS) is 11.3. The van der Waals surface area contributed by atoms with Crippen LogP contribution in [0.5, 0.6) is 17.2 Å². The number of halogens is 1. The van der Waals surface area contributed by atoms with Crippen LogP contribution >= 0.6 is 15.9 Å². The summed E-state index contributed by atoms with van der Waals surface area (Å²) in [6, 6.07) is 22.1. The molecule has 0 unspecified atom stereocenters. The number of carbonyl (C=O) groups is 1. The molecular formula is C36H35BrN4O5. The molecule has 236 valence electrons. The Bertz CT molecular complexity index is 2020. The maximum absolute atomic E-state index is 13.9. The van der Waals surface area contributed by atoms with Crippen molar-refractivity contribution in [3.63, 3.8) is 0 Å². The Balaban J connectivity index is 1.51. The van der Waals surface area contributed by atoms with Gasteiger partial charge >= 0.3 is 0 Å². The number of aryl methyl sites for hydroxylation is 2. The van der Waals surface area contributed by atoms with Gasteiger partial charge < -0.3 is 19.5 Å². The summed E-state index contributed by atoms with van der Waals surface area (Å²) in [7, 11) is 3.16. The van der Waals surface area contributed by atoms with Crippen LogP contribution in [-0.4, -0.2) is 42.6 Å². The predicted octanol–water partition coefficient (Wildman–Crippen LogP) is 7.48. The second-order valence-electron chi connectivity index (χ2n) is 11.1. The van der Waals surface area contributed by atoms with E-state index in [-0.39, 0.29) is 24.0 Å². The van der Waals surface area contributed by atoms with Gasteiger partial charge in [-0.15, -0.1) is 0 Å². The molecule has 0 aliphatic heterocycles. The molecule has 0 saturated carbocycles. The van der Waals surface area contributed by atoms with Crippen molar-refractivity contribution in [3.8, 4) is 28.6 Å². The number of benzene rings is 4. The highest BCUT2D eigenvalue weighted by molar-refractivity contribution is 9.10. The number of hydrogen-bond acceptors (Lipinski definition) is 7. The molecule has 5 aromatic rings. The summed E-state index contributed by atoms with van der Waals surface area (Å²) in [4.78, 5) is 31.3. The Kier molecular flexibility index (Phi) is 9.87. The van der Waals surface area contributed by atoms with Gasteiger partial charge in [-0.05, 0) is 94.9 Å². The number of fused-ring (bicyclic) bond motifs is 1. The first-order valence-electron chi connectivity index (χ1n) is 14.7. The summed E-state index contributed by atoms with van der Waals surface area (Å²) in [6.45, 7) is 7.84. The van der Waals surface area contributed by atoms with E-state index in [0.29, 0.717) is 38.3 Å². The average Bonchev–Trinajstić information content (AvgIpc) is 3.04. The van der Waals surface area contributed by atoms with Crippen LogP contribution in [0.25, 0.3) is 22.3 Å². The zero-order valence-electron chi connectivity index (χ0n) is 26.6. The first kappa shape index (κ1) is 32.4. The van der Waals surface area contributed by atoms with Crippen LogP contribution in [-0.2, 0) is 4.79 Å². The first-order chi connectivity index (χ1) is 22.1. The monoisotopic (exact) mass is 682 g/mol. The third-order valence-electron chi connectivity index (χ3n) is 7.57. The van der Waals surface area contributed by atoms with Gasteiger partial charge in [0.25, 0.3) is 11.5 Å². The minimum absolute atomic E-state index is 0.177. The molecule has 0 radical (unpaired) electrons. The Labute approximate surface area is 276 Å². The highest BCUT2D eigenvalue weighted by atomic mass is 79.9. The number of rotatable bonds is 10. The molecule has 1 amide bonds. The van der Waals surface area contributed by atoms with Crippen molar-refractivity contribution in [2.75, 3.05) is 26.1 Å². The summed E-state index contributed by atoms with van der Waals surface area (Å²) in [6.07, 6.45) is 1.56. The number of aromatic nitrogens is 2. The van der Waals surface area contributed by atoms with Gasteiger partial charge in [-0.2, -0.15) is 9.78 Å². The van der Waals surface area contributed by atoms with E-state index in [9.17, 15) is 9.59 Å². The number of nitrogens with zero attached hydrogens (tertiary/aromatic N) is 3. The topological polar surface area (TPSA) is 104 Å². The first-order valence-corrected chi connectivity index (χ1v) is 15.5. The molecule has 4 aromatic carbocycles. The lowest BCUT2D eigenvalue weighted by atomic mass is 9.96. The lowest BCUT2D eigenvalue weighted by Gasteiger charge is -2.17. The SMILES string of the molecule is COc1cc(C=Nn2c(-c3cc(C(C)C)c(OC)cc3C)nc3ccccc3c2=O)c(Br)cc1OCC(=O)Nc1ccccc1C. The van der Waals surface area contributed by atoms with Crippen molar-refractivity contribution >= 4 is 44.6 Å². The van der Waals surface area contributed by atoms with Crippen LogP contribution in [0.2, 0.25) is 0 Å². The van der Waals surface area contributed by atoms with Crippen LogP contribution in [0.3, 0.4) is 0 Å². The Hall–Kier alpha value is -4.96. The van der Waals surface area contributed by atoms with E-state index in [1.54, 1.807) is 37.6 Å². The maximum atomic E-state index is 13.9. The van der Waals surface area contributed by atoms with E-state index in [1.165, 1.54) is 11.8 Å². The molecule has 10 heteroatoms. The summed E-state index contributed by atoms with van der Waals surface area (Å²) in [5.41, 5.74) is 5.22. The minimum Gasteiger partial charge on any atom is -0.496 e. The van der Waals surface area contributed by atoms with Crippen LogP contribution in [0.15, 0.2) is 87.2 Å². The van der Waals surface area contributed by atoms with Gasteiger partial charge in [0.2, 0.25) is 0 Å². The lowest BCUT2D eigenvalue weighted by Crippen LogP contribution is -2.21. The molecule has 9 nitrogen and oxygen atoms in total. The quantitative estimate of drug-likeness (QED) is 0.153. The van der Waals surface area contributed by atoms with Crippen LogP contribution in [0, 0.1) is 13.8 Å². The molecule has 5 rings (SSSR count). The Morgan fingerprint density at radius 3 is 2.39 bits per heavy atom. The van der Waals surface area contributed by atoms with Gasteiger partial charge in [-0.1, -0.05) is 44.2 Å². The molecule has 0 saturated heterocycles. The number of ether oxygens (including phenoxy) is 3. The third-order valence-corrected chi connectivity index (χ3v) is 8.25. The van der Waals surface area contributed by atoms with E-state index in [1.807, 2.05) is 62.4 Å². The van der Waals surface area contributed by atoms with E-state index < -0.39 is 0 Å². The average molecular weight is 684 g/mol. The highest BCUT2D eigenvalue weighted by Crippen LogP contribution is 2.35. The molecule has 46 heavy (non-hydrogen) atoms. The smallest absolute Gasteiger partial charge is 0.282 e. The minimum atomic E-state index is -0.305. The van der Waals surface area contributed by atoms with Gasteiger partial charge in [-0.25, -0.2) is 4.98 Å². The number of methoxy groups -OCH3 is 2. The fourth-order valence-corrected chi connectivity index (χ4v) is 5.48. The molecule has 1 N–H and O–H groups in total. The fraction of sp³-hybridized carbons (Fsp3) is 0.222. The van der Waals surface area contributed by atoms with Crippen molar-refractivity contribution in [2.45, 2.75) is 33.6 Å².